The molecule has 1 amide bonds. The molecule has 0 spiro atoms. The highest BCUT2D eigenvalue weighted by molar-refractivity contribution is 7.89. The van der Waals surface area contributed by atoms with Gasteiger partial charge in [-0.1, -0.05) is 0 Å². The summed E-state index contributed by atoms with van der Waals surface area (Å²) < 4.78 is 48.2. The number of hydrogen-bond acceptors (Lipinski definition) is 7. The first kappa shape index (κ1) is 23.4. The predicted molar refractivity (Wildman–Crippen MR) is 113 cm³/mol. The van der Waals surface area contributed by atoms with Gasteiger partial charge in [0, 0.05) is 31.0 Å². The molecule has 32 heavy (non-hydrogen) atoms. The topological polar surface area (TPSA) is 136 Å². The molecule has 2 aromatic carbocycles. The number of oxazole rings is 1. The molecule has 3 N–H and O–H groups in total. The number of carbonyl (C=O) groups excluding carboxylic acids is 1. The van der Waals surface area contributed by atoms with E-state index in [0.29, 0.717) is 46.4 Å². The fourth-order valence-corrected chi connectivity index (χ4v) is 3.54. The van der Waals surface area contributed by atoms with Crippen LogP contribution in [-0.2, 0) is 21.2 Å². The van der Waals surface area contributed by atoms with E-state index in [-0.39, 0.29) is 17.1 Å². The van der Waals surface area contributed by atoms with E-state index in [1.807, 2.05) is 0 Å². The molecule has 9 nitrogen and oxygen atoms in total. The first-order chi connectivity index (χ1) is 15.1. The van der Waals surface area contributed by atoms with Crippen LogP contribution in [0.1, 0.15) is 18.7 Å². The van der Waals surface area contributed by atoms with Crippen molar-refractivity contribution in [2.45, 2.75) is 24.2 Å². The molecule has 0 bridgehead atoms. The van der Waals surface area contributed by atoms with Crippen molar-refractivity contribution >= 4 is 15.9 Å². The minimum absolute atomic E-state index is 0.0651. The molecule has 1 heterocycles. The number of halogens is 1. The standard InChI is InChI=1S/C21H22FN3O6S/c1-25(27)19(26)5-3-4-18-24-20(14-8-11-17(30-2)16(22)12-14)21(31-18)13-6-9-15(10-7-13)32(23,28)29/h6-12,27H,3-5H2,1-2H3,(H2,23,28,29). The lowest BCUT2D eigenvalue weighted by Gasteiger charge is -2.06. The Balaban J connectivity index is 1.99. The Morgan fingerprint density at radius 2 is 1.88 bits per heavy atom. The highest BCUT2D eigenvalue weighted by Crippen LogP contribution is 2.35. The Bertz CT molecular complexity index is 1220. The molecule has 0 saturated heterocycles. The van der Waals surface area contributed by atoms with Crippen molar-refractivity contribution in [3.8, 4) is 28.3 Å². The SMILES string of the molecule is COc1ccc(-c2nc(CCCC(=O)N(C)O)oc2-c2ccc(S(N)(=O)=O)cc2)cc1F. The van der Waals surface area contributed by atoms with Gasteiger partial charge < -0.3 is 9.15 Å². The number of primary sulfonamides is 1. The minimum atomic E-state index is -3.87. The van der Waals surface area contributed by atoms with Crippen molar-refractivity contribution in [3.63, 3.8) is 0 Å². The molecule has 0 saturated carbocycles. The van der Waals surface area contributed by atoms with Gasteiger partial charge in [0.25, 0.3) is 0 Å². The smallest absolute Gasteiger partial charge is 0.245 e. The summed E-state index contributed by atoms with van der Waals surface area (Å²) in [6.45, 7) is 0. The number of aryl methyl sites for hydroxylation is 1. The molecule has 0 fully saturated rings. The van der Waals surface area contributed by atoms with E-state index in [4.69, 9.17) is 19.5 Å². The zero-order chi connectivity index (χ0) is 23.5. The molecule has 1 aromatic heterocycles. The van der Waals surface area contributed by atoms with Gasteiger partial charge in [-0.3, -0.25) is 10.0 Å². The van der Waals surface area contributed by atoms with Gasteiger partial charge in [0.2, 0.25) is 15.9 Å². The molecule has 0 aliphatic heterocycles. The third-order valence-corrected chi connectivity index (χ3v) is 5.61. The summed E-state index contributed by atoms with van der Waals surface area (Å²) in [6.07, 6.45) is 0.741. The second kappa shape index (κ2) is 9.47. The number of ether oxygens (including phenoxy) is 1. The van der Waals surface area contributed by atoms with Crippen LogP contribution in [0.15, 0.2) is 51.8 Å². The van der Waals surface area contributed by atoms with E-state index >= 15 is 0 Å². The molecule has 0 unspecified atom stereocenters. The Morgan fingerprint density at radius 1 is 1.22 bits per heavy atom. The van der Waals surface area contributed by atoms with Crippen molar-refractivity contribution < 1.29 is 32.0 Å². The molecule has 3 aromatic rings. The van der Waals surface area contributed by atoms with Crippen LogP contribution in [0.5, 0.6) is 5.75 Å². The first-order valence-corrected chi connectivity index (χ1v) is 11.1. The summed E-state index contributed by atoms with van der Waals surface area (Å²) in [5.41, 5.74) is 1.28. The van der Waals surface area contributed by atoms with Gasteiger partial charge in [-0.05, 0) is 48.9 Å². The lowest BCUT2D eigenvalue weighted by atomic mass is 10.1. The second-order valence-corrected chi connectivity index (χ2v) is 8.54. The number of amides is 1. The fourth-order valence-electron chi connectivity index (χ4n) is 3.02. The number of nitrogens with two attached hydrogens (primary N) is 1. The Kier molecular flexibility index (Phi) is 6.92. The second-order valence-electron chi connectivity index (χ2n) is 6.97. The van der Waals surface area contributed by atoms with Crippen molar-refractivity contribution in [2.24, 2.45) is 5.14 Å². The number of nitrogens with zero attached hydrogens (tertiary/aromatic N) is 2. The molecule has 3 rings (SSSR count). The van der Waals surface area contributed by atoms with Gasteiger partial charge in [0.15, 0.2) is 23.2 Å². The average Bonchev–Trinajstić information content (AvgIpc) is 3.17. The Hall–Kier alpha value is -3.28. The number of aromatic nitrogens is 1. The maximum atomic E-state index is 14.3. The molecule has 0 aliphatic carbocycles. The van der Waals surface area contributed by atoms with Crippen LogP contribution in [0.3, 0.4) is 0 Å². The maximum absolute atomic E-state index is 14.3. The van der Waals surface area contributed by atoms with Gasteiger partial charge in [0.05, 0.1) is 12.0 Å². The van der Waals surface area contributed by atoms with Crippen molar-refractivity contribution in [2.75, 3.05) is 14.2 Å². The molecule has 11 heteroatoms. The highest BCUT2D eigenvalue weighted by Gasteiger charge is 2.19. The molecule has 170 valence electrons. The number of hydroxylamine groups is 2. The highest BCUT2D eigenvalue weighted by atomic mass is 32.2. The van der Waals surface area contributed by atoms with E-state index in [1.54, 1.807) is 6.07 Å². The quantitative estimate of drug-likeness (QED) is 0.387. The van der Waals surface area contributed by atoms with Crippen molar-refractivity contribution in [3.05, 3.63) is 54.2 Å². The largest absolute Gasteiger partial charge is 0.494 e. The average molecular weight is 463 g/mol. The monoisotopic (exact) mass is 463 g/mol. The van der Waals surface area contributed by atoms with E-state index in [2.05, 4.69) is 4.98 Å². The zero-order valence-electron chi connectivity index (χ0n) is 17.4. The van der Waals surface area contributed by atoms with Gasteiger partial charge in [-0.25, -0.2) is 28.0 Å². The minimum Gasteiger partial charge on any atom is -0.494 e. The van der Waals surface area contributed by atoms with E-state index in [0.717, 1.165) is 0 Å². The normalized spacial score (nSPS) is 11.4. The van der Waals surface area contributed by atoms with Crippen LogP contribution in [0.4, 0.5) is 4.39 Å². The van der Waals surface area contributed by atoms with E-state index < -0.39 is 21.7 Å². The first-order valence-electron chi connectivity index (χ1n) is 9.52. The third-order valence-electron chi connectivity index (χ3n) is 4.68. The summed E-state index contributed by atoms with van der Waals surface area (Å²) >= 11 is 0. The summed E-state index contributed by atoms with van der Waals surface area (Å²) in [7, 11) is -1.27. The fraction of sp³-hybridized carbons (Fsp3) is 0.238. The van der Waals surface area contributed by atoms with E-state index in [1.165, 1.54) is 50.6 Å². The summed E-state index contributed by atoms with van der Waals surface area (Å²) in [6, 6.07) is 10.0. The number of sulfonamides is 1. The number of benzene rings is 2. The van der Waals surface area contributed by atoms with Gasteiger partial charge in [-0.2, -0.15) is 0 Å². The summed E-state index contributed by atoms with van der Waals surface area (Å²) in [5.74, 6) is -0.357. The molecule has 0 aliphatic rings. The van der Waals surface area contributed by atoms with Crippen LogP contribution in [0.2, 0.25) is 0 Å². The van der Waals surface area contributed by atoms with Crippen LogP contribution in [0, 0.1) is 5.82 Å². The lowest BCUT2D eigenvalue weighted by molar-refractivity contribution is -0.159. The molecule has 0 radical (unpaired) electrons. The van der Waals surface area contributed by atoms with Gasteiger partial charge in [0.1, 0.15) is 5.69 Å². The molecular weight excluding hydrogens is 441 g/mol. The summed E-state index contributed by atoms with van der Waals surface area (Å²) in [5, 5.41) is 14.8. The van der Waals surface area contributed by atoms with Gasteiger partial charge in [-0.15, -0.1) is 0 Å². The summed E-state index contributed by atoms with van der Waals surface area (Å²) in [4.78, 5) is 16.0. The maximum Gasteiger partial charge on any atom is 0.245 e. The zero-order valence-corrected chi connectivity index (χ0v) is 18.2. The number of methoxy groups -OCH3 is 1. The van der Waals surface area contributed by atoms with Crippen LogP contribution in [-0.4, -0.2) is 43.7 Å². The number of carbonyl (C=O) groups is 1. The number of rotatable bonds is 8. The van der Waals surface area contributed by atoms with Crippen LogP contribution in [0.25, 0.3) is 22.6 Å². The van der Waals surface area contributed by atoms with E-state index in [9.17, 15) is 17.6 Å². The molecule has 0 atom stereocenters. The van der Waals surface area contributed by atoms with Crippen molar-refractivity contribution in [1.29, 1.82) is 0 Å². The van der Waals surface area contributed by atoms with Crippen molar-refractivity contribution in [1.82, 2.24) is 10.0 Å². The predicted octanol–water partition coefficient (Wildman–Crippen LogP) is 2.97. The van der Waals surface area contributed by atoms with Crippen LogP contribution >= 0.6 is 0 Å². The Labute approximate surface area is 184 Å². The van der Waals surface area contributed by atoms with Gasteiger partial charge >= 0.3 is 0 Å². The Morgan fingerprint density at radius 3 is 2.44 bits per heavy atom. The number of hydrogen-bond donors (Lipinski definition) is 2. The van der Waals surface area contributed by atoms with Crippen LogP contribution < -0.4 is 9.88 Å². The molecular formula is C21H22FN3O6S. The lowest BCUT2D eigenvalue weighted by Crippen LogP contribution is -2.22. The third kappa shape index (κ3) is 5.31.